The number of carbonyl (C=O) groups is 1. The molecule has 0 saturated heterocycles. The van der Waals surface area contributed by atoms with Crippen LogP contribution in [0.2, 0.25) is 0 Å². The minimum atomic E-state index is 0.315. The van der Waals surface area contributed by atoms with E-state index in [0.29, 0.717) is 5.92 Å². The molecule has 82 valence electrons. The molecule has 0 rings (SSSR count). The van der Waals surface area contributed by atoms with E-state index >= 15 is 0 Å². The Balaban J connectivity index is 3.32. The molecule has 0 aliphatic rings. The van der Waals surface area contributed by atoms with E-state index in [1.165, 1.54) is 19.3 Å². The molecule has 0 bridgehead atoms. The van der Waals surface area contributed by atoms with E-state index in [1.807, 2.05) is 0 Å². The van der Waals surface area contributed by atoms with Crippen LogP contribution in [0.15, 0.2) is 12.2 Å². The molecular weight excluding hydrogens is 172 g/mol. The highest BCUT2D eigenvalue weighted by Gasteiger charge is 2.04. The summed E-state index contributed by atoms with van der Waals surface area (Å²) in [6, 6.07) is 0. The zero-order valence-electron chi connectivity index (χ0n) is 9.67. The molecule has 0 saturated carbocycles. The lowest BCUT2D eigenvalue weighted by Crippen LogP contribution is -2.00. The van der Waals surface area contributed by atoms with E-state index in [1.54, 1.807) is 0 Å². The summed E-state index contributed by atoms with van der Waals surface area (Å²) in [7, 11) is 0. The van der Waals surface area contributed by atoms with Gasteiger partial charge in [0.25, 0.3) is 0 Å². The standard InChI is InChI=1S/C13H24O/c1-3-5-6-7-8-9-11-13(12-14)10-4-2/h5-6,12-13H,3-4,7-11H2,1-2H3. The van der Waals surface area contributed by atoms with Gasteiger partial charge in [0.15, 0.2) is 0 Å². The lowest BCUT2D eigenvalue weighted by molar-refractivity contribution is -0.111. The first-order valence-electron chi connectivity index (χ1n) is 5.95. The van der Waals surface area contributed by atoms with Gasteiger partial charge in [-0.15, -0.1) is 0 Å². The van der Waals surface area contributed by atoms with Gasteiger partial charge in [0, 0.05) is 5.92 Å². The summed E-state index contributed by atoms with van der Waals surface area (Å²) in [4.78, 5) is 10.6. The fraction of sp³-hybridized carbons (Fsp3) is 0.769. The molecule has 0 amide bonds. The number of hydrogen-bond donors (Lipinski definition) is 0. The number of aldehydes is 1. The van der Waals surface area contributed by atoms with Gasteiger partial charge in [0.05, 0.1) is 0 Å². The maximum atomic E-state index is 10.6. The summed E-state index contributed by atoms with van der Waals surface area (Å²) in [5.74, 6) is 0.315. The Kier molecular flexibility index (Phi) is 10.0. The Bertz CT molecular complexity index is 149. The van der Waals surface area contributed by atoms with E-state index in [-0.39, 0.29) is 0 Å². The molecule has 0 spiro atoms. The maximum absolute atomic E-state index is 10.6. The Labute approximate surface area is 88.6 Å². The molecule has 0 heterocycles. The summed E-state index contributed by atoms with van der Waals surface area (Å²) in [5, 5.41) is 0. The fourth-order valence-electron chi connectivity index (χ4n) is 1.60. The van der Waals surface area contributed by atoms with Crippen LogP contribution in [0.5, 0.6) is 0 Å². The topological polar surface area (TPSA) is 17.1 Å². The summed E-state index contributed by atoms with van der Waals surface area (Å²) < 4.78 is 0. The summed E-state index contributed by atoms with van der Waals surface area (Å²) >= 11 is 0. The van der Waals surface area contributed by atoms with Crippen LogP contribution in [-0.4, -0.2) is 6.29 Å². The highest BCUT2D eigenvalue weighted by atomic mass is 16.1. The molecule has 14 heavy (non-hydrogen) atoms. The predicted octanol–water partition coefficient (Wildman–Crippen LogP) is 4.13. The highest BCUT2D eigenvalue weighted by molar-refractivity contribution is 5.53. The molecule has 0 aliphatic heterocycles. The Morgan fingerprint density at radius 3 is 2.43 bits per heavy atom. The lowest BCUT2D eigenvalue weighted by atomic mass is 9.98. The van der Waals surface area contributed by atoms with Gasteiger partial charge in [-0.2, -0.15) is 0 Å². The third-order valence-corrected chi connectivity index (χ3v) is 2.45. The van der Waals surface area contributed by atoms with Crippen molar-refractivity contribution in [3.63, 3.8) is 0 Å². The van der Waals surface area contributed by atoms with Gasteiger partial charge < -0.3 is 4.79 Å². The van der Waals surface area contributed by atoms with Gasteiger partial charge in [-0.3, -0.25) is 0 Å². The van der Waals surface area contributed by atoms with Crippen molar-refractivity contribution >= 4 is 6.29 Å². The smallest absolute Gasteiger partial charge is 0.123 e. The molecular formula is C13H24O. The molecule has 0 aromatic carbocycles. The third kappa shape index (κ3) is 8.03. The number of allylic oxidation sites excluding steroid dienone is 2. The predicted molar refractivity (Wildman–Crippen MR) is 62.4 cm³/mol. The van der Waals surface area contributed by atoms with Crippen LogP contribution in [0.4, 0.5) is 0 Å². The number of hydrogen-bond acceptors (Lipinski definition) is 1. The number of unbranched alkanes of at least 4 members (excludes halogenated alkanes) is 2. The second-order valence-electron chi connectivity index (χ2n) is 3.85. The second kappa shape index (κ2) is 10.5. The van der Waals surface area contributed by atoms with Crippen LogP contribution >= 0.6 is 0 Å². The Hall–Kier alpha value is -0.590. The van der Waals surface area contributed by atoms with Crippen LogP contribution < -0.4 is 0 Å². The highest BCUT2D eigenvalue weighted by Crippen LogP contribution is 2.13. The van der Waals surface area contributed by atoms with Crippen molar-refractivity contribution in [1.29, 1.82) is 0 Å². The average Bonchev–Trinajstić information content (AvgIpc) is 2.21. The normalized spacial score (nSPS) is 13.3. The van der Waals surface area contributed by atoms with E-state index < -0.39 is 0 Å². The van der Waals surface area contributed by atoms with Crippen LogP contribution in [0.1, 0.15) is 58.8 Å². The van der Waals surface area contributed by atoms with Crippen LogP contribution in [0.3, 0.4) is 0 Å². The van der Waals surface area contributed by atoms with Crippen LogP contribution in [0, 0.1) is 5.92 Å². The lowest BCUT2D eigenvalue weighted by Gasteiger charge is -2.06. The molecule has 0 aromatic heterocycles. The summed E-state index contributed by atoms with van der Waals surface area (Å²) in [5.41, 5.74) is 0. The van der Waals surface area contributed by atoms with Gasteiger partial charge in [-0.25, -0.2) is 0 Å². The van der Waals surface area contributed by atoms with Crippen molar-refractivity contribution in [1.82, 2.24) is 0 Å². The monoisotopic (exact) mass is 196 g/mol. The number of rotatable bonds is 9. The molecule has 1 nitrogen and oxygen atoms in total. The van der Waals surface area contributed by atoms with Crippen molar-refractivity contribution in [2.24, 2.45) is 5.92 Å². The molecule has 1 heteroatoms. The summed E-state index contributed by atoms with van der Waals surface area (Å²) in [6.45, 7) is 4.29. The van der Waals surface area contributed by atoms with Crippen molar-refractivity contribution in [2.45, 2.75) is 58.8 Å². The average molecular weight is 196 g/mol. The Morgan fingerprint density at radius 1 is 1.07 bits per heavy atom. The Morgan fingerprint density at radius 2 is 1.86 bits per heavy atom. The molecule has 0 aromatic rings. The molecule has 0 radical (unpaired) electrons. The third-order valence-electron chi connectivity index (χ3n) is 2.45. The molecule has 1 atom stereocenters. The van der Waals surface area contributed by atoms with E-state index in [0.717, 1.165) is 32.0 Å². The van der Waals surface area contributed by atoms with Crippen LogP contribution in [-0.2, 0) is 4.79 Å². The van der Waals surface area contributed by atoms with Crippen molar-refractivity contribution in [3.05, 3.63) is 12.2 Å². The van der Waals surface area contributed by atoms with E-state index in [4.69, 9.17) is 0 Å². The van der Waals surface area contributed by atoms with Crippen molar-refractivity contribution in [2.75, 3.05) is 0 Å². The first-order chi connectivity index (χ1) is 6.85. The molecule has 1 unspecified atom stereocenters. The minimum absolute atomic E-state index is 0.315. The van der Waals surface area contributed by atoms with Crippen LogP contribution in [0.25, 0.3) is 0 Å². The van der Waals surface area contributed by atoms with Crippen molar-refractivity contribution < 1.29 is 4.79 Å². The van der Waals surface area contributed by atoms with Gasteiger partial charge in [-0.1, -0.05) is 38.8 Å². The first kappa shape index (κ1) is 13.4. The first-order valence-corrected chi connectivity index (χ1v) is 5.95. The van der Waals surface area contributed by atoms with Gasteiger partial charge >= 0.3 is 0 Å². The molecule has 0 N–H and O–H groups in total. The SMILES string of the molecule is CCC=CCCCCC(C=O)CCC. The second-order valence-corrected chi connectivity index (χ2v) is 3.85. The largest absolute Gasteiger partial charge is 0.303 e. The zero-order valence-corrected chi connectivity index (χ0v) is 9.67. The van der Waals surface area contributed by atoms with E-state index in [9.17, 15) is 4.79 Å². The fourth-order valence-corrected chi connectivity index (χ4v) is 1.60. The maximum Gasteiger partial charge on any atom is 0.123 e. The summed E-state index contributed by atoms with van der Waals surface area (Å²) in [6.07, 6.45) is 13.6. The van der Waals surface area contributed by atoms with Crippen molar-refractivity contribution in [3.8, 4) is 0 Å². The quantitative estimate of drug-likeness (QED) is 0.308. The van der Waals surface area contributed by atoms with Gasteiger partial charge in [-0.05, 0) is 32.1 Å². The molecule has 0 aliphatic carbocycles. The molecule has 0 fully saturated rings. The number of carbonyl (C=O) groups excluding carboxylic acids is 1. The van der Waals surface area contributed by atoms with E-state index in [2.05, 4.69) is 26.0 Å². The minimum Gasteiger partial charge on any atom is -0.303 e. The van der Waals surface area contributed by atoms with Gasteiger partial charge in [0.2, 0.25) is 0 Å². The zero-order chi connectivity index (χ0) is 10.6. The van der Waals surface area contributed by atoms with Gasteiger partial charge in [0.1, 0.15) is 6.29 Å².